The lowest BCUT2D eigenvalue weighted by atomic mass is 9.87. The van der Waals surface area contributed by atoms with Crippen LogP contribution in [0.1, 0.15) is 17.7 Å². The van der Waals surface area contributed by atoms with E-state index in [0.717, 1.165) is 30.5 Å². The standard InChI is InChI=1S/C15H15BrFN3/c16-13-6-11(17)2-3-12(13)15-19-8-10-5-9(7-18)1-4-14(10)20-15/h2-3,6,8-9H,1,4-5,7,18H2. The van der Waals surface area contributed by atoms with Crippen LogP contribution in [0.2, 0.25) is 0 Å². The Kier molecular flexibility index (Phi) is 3.81. The molecule has 0 amide bonds. The molecule has 1 aromatic heterocycles. The highest BCUT2D eigenvalue weighted by Gasteiger charge is 2.20. The van der Waals surface area contributed by atoms with Gasteiger partial charge in [-0.15, -0.1) is 0 Å². The fourth-order valence-electron chi connectivity index (χ4n) is 2.58. The summed E-state index contributed by atoms with van der Waals surface area (Å²) < 4.78 is 13.8. The first-order valence-electron chi connectivity index (χ1n) is 6.67. The zero-order chi connectivity index (χ0) is 14.1. The van der Waals surface area contributed by atoms with Gasteiger partial charge in [0.1, 0.15) is 5.82 Å². The second-order valence-corrected chi connectivity index (χ2v) is 5.99. The van der Waals surface area contributed by atoms with Gasteiger partial charge in [-0.05, 0) is 71.4 Å². The third-order valence-electron chi connectivity index (χ3n) is 3.76. The molecule has 0 spiro atoms. The van der Waals surface area contributed by atoms with E-state index in [1.165, 1.54) is 17.7 Å². The molecule has 3 nitrogen and oxygen atoms in total. The molecule has 0 radical (unpaired) electrons. The first-order chi connectivity index (χ1) is 9.67. The van der Waals surface area contributed by atoms with Crippen LogP contribution in [0.3, 0.4) is 0 Å². The number of nitrogens with zero attached hydrogens (tertiary/aromatic N) is 2. The molecule has 0 bridgehead atoms. The first kappa shape index (κ1) is 13.6. The second kappa shape index (κ2) is 5.58. The van der Waals surface area contributed by atoms with E-state index >= 15 is 0 Å². The molecule has 0 fully saturated rings. The van der Waals surface area contributed by atoms with Crippen molar-refractivity contribution >= 4 is 15.9 Å². The van der Waals surface area contributed by atoms with Crippen molar-refractivity contribution in [3.63, 3.8) is 0 Å². The van der Waals surface area contributed by atoms with Crippen molar-refractivity contribution in [1.29, 1.82) is 0 Å². The number of rotatable bonds is 2. The van der Waals surface area contributed by atoms with E-state index in [0.29, 0.717) is 22.8 Å². The summed E-state index contributed by atoms with van der Waals surface area (Å²) in [6.07, 6.45) is 4.85. The van der Waals surface area contributed by atoms with Crippen molar-refractivity contribution in [3.05, 3.63) is 45.9 Å². The molecular weight excluding hydrogens is 321 g/mol. The summed E-state index contributed by atoms with van der Waals surface area (Å²) in [7, 11) is 0. The number of hydrogen-bond donors (Lipinski definition) is 1. The van der Waals surface area contributed by atoms with Crippen LogP contribution in [-0.2, 0) is 12.8 Å². The minimum Gasteiger partial charge on any atom is -0.330 e. The van der Waals surface area contributed by atoms with Gasteiger partial charge in [0, 0.05) is 21.9 Å². The summed E-state index contributed by atoms with van der Waals surface area (Å²) in [5.74, 6) is 0.903. The van der Waals surface area contributed by atoms with Gasteiger partial charge in [-0.25, -0.2) is 14.4 Å². The number of halogens is 2. The normalized spacial score (nSPS) is 17.9. The topological polar surface area (TPSA) is 51.8 Å². The zero-order valence-electron chi connectivity index (χ0n) is 10.9. The number of benzene rings is 1. The van der Waals surface area contributed by atoms with Crippen molar-refractivity contribution in [1.82, 2.24) is 9.97 Å². The van der Waals surface area contributed by atoms with Crippen LogP contribution in [0, 0.1) is 11.7 Å². The van der Waals surface area contributed by atoms with Gasteiger partial charge in [0.2, 0.25) is 0 Å². The van der Waals surface area contributed by atoms with E-state index in [9.17, 15) is 4.39 Å². The maximum absolute atomic E-state index is 13.1. The van der Waals surface area contributed by atoms with Crippen LogP contribution >= 0.6 is 15.9 Å². The predicted octanol–water partition coefficient (Wildman–Crippen LogP) is 3.11. The van der Waals surface area contributed by atoms with Gasteiger partial charge in [-0.2, -0.15) is 0 Å². The van der Waals surface area contributed by atoms with E-state index in [2.05, 4.69) is 25.9 Å². The Hall–Kier alpha value is -1.33. The van der Waals surface area contributed by atoms with E-state index in [1.54, 1.807) is 6.07 Å². The molecule has 1 aromatic carbocycles. The lowest BCUT2D eigenvalue weighted by Gasteiger charge is -2.22. The van der Waals surface area contributed by atoms with Crippen molar-refractivity contribution < 1.29 is 4.39 Å². The molecule has 3 rings (SSSR count). The molecule has 1 aliphatic rings. The van der Waals surface area contributed by atoms with E-state index in [4.69, 9.17) is 5.73 Å². The number of nitrogens with two attached hydrogens (primary N) is 1. The van der Waals surface area contributed by atoms with Crippen LogP contribution in [0.25, 0.3) is 11.4 Å². The SMILES string of the molecule is NCC1CCc2nc(-c3ccc(F)cc3Br)ncc2C1. The summed E-state index contributed by atoms with van der Waals surface area (Å²) >= 11 is 3.36. The Morgan fingerprint density at radius 3 is 3.00 bits per heavy atom. The summed E-state index contributed by atoms with van der Waals surface area (Å²) in [5, 5.41) is 0. The molecule has 0 saturated heterocycles. The highest BCUT2D eigenvalue weighted by molar-refractivity contribution is 9.10. The molecule has 1 aliphatic carbocycles. The van der Waals surface area contributed by atoms with Crippen LogP contribution in [0.15, 0.2) is 28.9 Å². The Morgan fingerprint density at radius 2 is 2.25 bits per heavy atom. The highest BCUT2D eigenvalue weighted by Crippen LogP contribution is 2.29. The number of hydrogen-bond acceptors (Lipinski definition) is 3. The number of fused-ring (bicyclic) bond motifs is 1. The fraction of sp³-hybridized carbons (Fsp3) is 0.333. The quantitative estimate of drug-likeness (QED) is 0.917. The molecular formula is C15H15BrFN3. The molecule has 104 valence electrons. The average molecular weight is 336 g/mol. The van der Waals surface area contributed by atoms with Gasteiger partial charge in [0.05, 0.1) is 0 Å². The maximum atomic E-state index is 13.1. The summed E-state index contributed by atoms with van der Waals surface area (Å²) in [6.45, 7) is 0.713. The van der Waals surface area contributed by atoms with Crippen molar-refractivity contribution in [2.45, 2.75) is 19.3 Å². The number of aryl methyl sites for hydroxylation is 1. The third kappa shape index (κ3) is 2.60. The van der Waals surface area contributed by atoms with E-state index < -0.39 is 0 Å². The minimum absolute atomic E-state index is 0.274. The smallest absolute Gasteiger partial charge is 0.160 e. The number of aromatic nitrogens is 2. The van der Waals surface area contributed by atoms with Gasteiger partial charge in [0.25, 0.3) is 0 Å². The lowest BCUT2D eigenvalue weighted by molar-refractivity contribution is 0.462. The molecule has 0 aliphatic heterocycles. The van der Waals surface area contributed by atoms with Crippen LogP contribution < -0.4 is 5.73 Å². The lowest BCUT2D eigenvalue weighted by Crippen LogP contribution is -2.23. The van der Waals surface area contributed by atoms with Gasteiger partial charge in [0.15, 0.2) is 5.82 Å². The molecule has 1 heterocycles. The minimum atomic E-state index is -0.274. The van der Waals surface area contributed by atoms with Crippen LogP contribution in [-0.4, -0.2) is 16.5 Å². The summed E-state index contributed by atoms with van der Waals surface area (Å²) in [6, 6.07) is 4.56. The molecule has 20 heavy (non-hydrogen) atoms. The van der Waals surface area contributed by atoms with E-state index in [1.807, 2.05) is 6.20 Å². The average Bonchev–Trinajstić information content (AvgIpc) is 2.46. The van der Waals surface area contributed by atoms with Gasteiger partial charge >= 0.3 is 0 Å². The Balaban J connectivity index is 1.97. The largest absolute Gasteiger partial charge is 0.330 e. The van der Waals surface area contributed by atoms with Crippen LogP contribution in [0.4, 0.5) is 4.39 Å². The molecule has 1 atom stereocenters. The molecule has 1 unspecified atom stereocenters. The molecule has 2 aromatic rings. The van der Waals surface area contributed by atoms with Crippen molar-refractivity contribution in [2.75, 3.05) is 6.54 Å². The Labute approximate surface area is 125 Å². The predicted molar refractivity (Wildman–Crippen MR) is 79.7 cm³/mol. The Morgan fingerprint density at radius 1 is 1.40 bits per heavy atom. The van der Waals surface area contributed by atoms with Gasteiger partial charge in [-0.3, -0.25) is 0 Å². The third-order valence-corrected chi connectivity index (χ3v) is 4.41. The first-order valence-corrected chi connectivity index (χ1v) is 7.47. The summed E-state index contributed by atoms with van der Waals surface area (Å²) in [5.41, 5.74) is 8.83. The highest BCUT2D eigenvalue weighted by atomic mass is 79.9. The fourth-order valence-corrected chi connectivity index (χ4v) is 3.11. The summed E-state index contributed by atoms with van der Waals surface area (Å²) in [4.78, 5) is 9.06. The maximum Gasteiger partial charge on any atom is 0.160 e. The second-order valence-electron chi connectivity index (χ2n) is 5.13. The van der Waals surface area contributed by atoms with E-state index in [-0.39, 0.29) is 5.82 Å². The molecule has 5 heteroatoms. The van der Waals surface area contributed by atoms with Gasteiger partial charge in [-0.1, -0.05) is 0 Å². The van der Waals surface area contributed by atoms with Gasteiger partial charge < -0.3 is 5.73 Å². The van der Waals surface area contributed by atoms with Crippen molar-refractivity contribution in [2.24, 2.45) is 11.7 Å². The van der Waals surface area contributed by atoms with Crippen molar-refractivity contribution in [3.8, 4) is 11.4 Å². The van der Waals surface area contributed by atoms with Crippen LogP contribution in [0.5, 0.6) is 0 Å². The molecule has 0 saturated carbocycles. The zero-order valence-corrected chi connectivity index (χ0v) is 12.5. The Bertz CT molecular complexity index is 645. The monoisotopic (exact) mass is 335 g/mol. The molecule has 2 N–H and O–H groups in total.